The Hall–Kier alpha value is 0.170. The molecule has 0 unspecified atom stereocenters. The molecule has 0 heterocycles. The summed E-state index contributed by atoms with van der Waals surface area (Å²) >= 11 is 6.20. The summed E-state index contributed by atoms with van der Waals surface area (Å²) in [6.07, 6.45) is 0. The molecule has 0 N–H and O–H groups in total. The van der Waals surface area contributed by atoms with Crippen LogP contribution in [0.1, 0.15) is 6.92 Å². The van der Waals surface area contributed by atoms with E-state index in [-0.39, 0.29) is 5.97 Å². The highest BCUT2D eigenvalue weighted by Gasteiger charge is 2.06. The quantitative estimate of drug-likeness (QED) is 0.447. The molecule has 2 nitrogen and oxygen atoms in total. The first-order chi connectivity index (χ1) is 4.76. The Bertz CT molecular complexity index is 143. The predicted octanol–water partition coefficient (Wildman–Crippen LogP) is 2.22. The number of esters is 1. The Morgan fingerprint density at radius 1 is 1.70 bits per heavy atom. The van der Waals surface area contributed by atoms with Crippen LogP contribution in [0.25, 0.3) is 0 Å². The van der Waals surface area contributed by atoms with E-state index in [1.165, 1.54) is 0 Å². The van der Waals surface area contributed by atoms with E-state index in [1.807, 2.05) is 0 Å². The van der Waals surface area contributed by atoms with E-state index in [0.717, 1.165) is 0 Å². The van der Waals surface area contributed by atoms with Crippen molar-refractivity contribution >= 4 is 37.8 Å². The van der Waals surface area contributed by atoms with E-state index >= 15 is 0 Å². The third-order valence-corrected chi connectivity index (χ3v) is 1.97. The molecule has 0 saturated heterocycles. The van der Waals surface area contributed by atoms with Gasteiger partial charge in [0.05, 0.1) is 12.2 Å². The highest BCUT2D eigenvalue weighted by molar-refractivity contribution is 9.11. The van der Waals surface area contributed by atoms with Crippen LogP contribution in [-0.4, -0.2) is 17.9 Å². The first-order valence-corrected chi connectivity index (χ1v) is 4.82. The second kappa shape index (κ2) is 5.92. The third kappa shape index (κ3) is 3.37. The second-order valence-electron chi connectivity index (χ2n) is 1.49. The molecule has 0 fully saturated rings. The normalized spacial score (nSPS) is 11.3. The molecule has 0 aliphatic heterocycles. The molecule has 0 aromatic heterocycles. The minimum atomic E-state index is -0.281. The standard InChI is InChI=1S/C6H8Br2O2/c1-2-10-6(9)5(3-7)4-8/h3H,2,4H2,1H3/b5-3+. The van der Waals surface area contributed by atoms with Crippen LogP contribution in [0, 0.1) is 0 Å². The molecule has 0 bridgehead atoms. The highest BCUT2D eigenvalue weighted by Crippen LogP contribution is 2.05. The van der Waals surface area contributed by atoms with E-state index < -0.39 is 0 Å². The summed E-state index contributed by atoms with van der Waals surface area (Å²) in [5.41, 5.74) is 0.585. The van der Waals surface area contributed by atoms with Crippen molar-refractivity contribution in [3.05, 3.63) is 10.6 Å². The van der Waals surface area contributed by atoms with Gasteiger partial charge in [0.15, 0.2) is 0 Å². The predicted molar refractivity (Wildman–Crippen MR) is 47.4 cm³/mol. The van der Waals surface area contributed by atoms with Gasteiger partial charge in [-0.15, -0.1) is 0 Å². The summed E-state index contributed by atoms with van der Waals surface area (Å²) in [4.78, 5) is 12.4. The summed E-state index contributed by atoms with van der Waals surface area (Å²) in [7, 11) is 0. The van der Waals surface area contributed by atoms with Crippen LogP contribution in [0.15, 0.2) is 10.6 Å². The smallest absolute Gasteiger partial charge is 0.335 e. The zero-order valence-corrected chi connectivity index (χ0v) is 8.74. The molecule has 0 aliphatic rings. The number of halogens is 2. The van der Waals surface area contributed by atoms with Crippen molar-refractivity contribution in [2.75, 3.05) is 11.9 Å². The number of carbonyl (C=O) groups is 1. The summed E-state index contributed by atoms with van der Waals surface area (Å²) in [5, 5.41) is 0.511. The molecule has 58 valence electrons. The van der Waals surface area contributed by atoms with Crippen LogP contribution in [0.3, 0.4) is 0 Å². The maximum absolute atomic E-state index is 10.9. The summed E-state index contributed by atoms with van der Waals surface area (Å²) in [6.45, 7) is 2.19. The molecule has 0 rings (SSSR count). The number of ether oxygens (including phenoxy) is 1. The first-order valence-electron chi connectivity index (χ1n) is 2.78. The maximum Gasteiger partial charge on any atom is 0.335 e. The molecule has 0 atom stereocenters. The van der Waals surface area contributed by atoms with Crippen molar-refractivity contribution in [1.82, 2.24) is 0 Å². The van der Waals surface area contributed by atoms with Gasteiger partial charge in [0.1, 0.15) is 0 Å². The Morgan fingerprint density at radius 3 is 2.60 bits per heavy atom. The number of hydrogen-bond donors (Lipinski definition) is 0. The minimum Gasteiger partial charge on any atom is -0.463 e. The Morgan fingerprint density at radius 2 is 2.30 bits per heavy atom. The van der Waals surface area contributed by atoms with E-state index in [4.69, 9.17) is 4.74 Å². The Labute approximate surface area is 76.9 Å². The molecule has 0 amide bonds. The van der Waals surface area contributed by atoms with Crippen LogP contribution < -0.4 is 0 Å². The number of rotatable bonds is 3. The van der Waals surface area contributed by atoms with Crippen molar-refractivity contribution in [2.45, 2.75) is 6.92 Å². The van der Waals surface area contributed by atoms with Crippen molar-refractivity contribution < 1.29 is 9.53 Å². The van der Waals surface area contributed by atoms with Gasteiger partial charge in [-0.05, 0) is 11.9 Å². The lowest BCUT2D eigenvalue weighted by molar-refractivity contribution is -0.138. The zero-order valence-electron chi connectivity index (χ0n) is 5.56. The molecule has 0 aromatic rings. The third-order valence-electron chi connectivity index (χ3n) is 0.813. The Kier molecular flexibility index (Phi) is 6.02. The molecule has 0 spiro atoms. The fraction of sp³-hybridized carbons (Fsp3) is 0.500. The molecular weight excluding hydrogens is 264 g/mol. The number of alkyl halides is 1. The maximum atomic E-state index is 10.9. The van der Waals surface area contributed by atoms with Crippen LogP contribution in [-0.2, 0) is 9.53 Å². The van der Waals surface area contributed by atoms with E-state index in [1.54, 1.807) is 11.9 Å². The van der Waals surface area contributed by atoms with Gasteiger partial charge in [-0.25, -0.2) is 4.79 Å². The largest absolute Gasteiger partial charge is 0.463 e. The van der Waals surface area contributed by atoms with Gasteiger partial charge in [-0.2, -0.15) is 0 Å². The zero-order chi connectivity index (χ0) is 7.98. The average molecular weight is 272 g/mol. The topological polar surface area (TPSA) is 26.3 Å². The lowest BCUT2D eigenvalue weighted by atomic mass is 10.4. The second-order valence-corrected chi connectivity index (χ2v) is 2.51. The van der Waals surface area contributed by atoms with Gasteiger partial charge >= 0.3 is 5.97 Å². The fourth-order valence-corrected chi connectivity index (χ4v) is 1.53. The van der Waals surface area contributed by atoms with Gasteiger partial charge in [0.2, 0.25) is 0 Å². The Balaban J connectivity index is 3.91. The van der Waals surface area contributed by atoms with Gasteiger partial charge in [0, 0.05) is 5.33 Å². The summed E-state index contributed by atoms with van der Waals surface area (Å²) in [5.74, 6) is -0.281. The molecule has 4 heteroatoms. The number of hydrogen-bond acceptors (Lipinski definition) is 2. The highest BCUT2D eigenvalue weighted by atomic mass is 79.9. The molecule has 10 heavy (non-hydrogen) atoms. The van der Waals surface area contributed by atoms with Crippen LogP contribution >= 0.6 is 31.9 Å². The molecule has 0 aliphatic carbocycles. The lowest BCUT2D eigenvalue weighted by Crippen LogP contribution is -2.07. The van der Waals surface area contributed by atoms with Gasteiger partial charge in [-0.1, -0.05) is 31.9 Å². The van der Waals surface area contributed by atoms with Crippen LogP contribution in [0.4, 0.5) is 0 Å². The van der Waals surface area contributed by atoms with E-state index in [9.17, 15) is 4.79 Å². The number of carbonyl (C=O) groups excluding carboxylic acids is 1. The summed E-state index contributed by atoms with van der Waals surface area (Å²) < 4.78 is 4.72. The first kappa shape index (κ1) is 10.2. The monoisotopic (exact) mass is 270 g/mol. The van der Waals surface area contributed by atoms with E-state index in [2.05, 4.69) is 31.9 Å². The molecule has 0 saturated carbocycles. The minimum absolute atomic E-state index is 0.281. The lowest BCUT2D eigenvalue weighted by Gasteiger charge is -2.00. The van der Waals surface area contributed by atoms with Gasteiger partial charge < -0.3 is 4.74 Å². The van der Waals surface area contributed by atoms with Crippen molar-refractivity contribution in [3.8, 4) is 0 Å². The van der Waals surface area contributed by atoms with Crippen molar-refractivity contribution in [3.63, 3.8) is 0 Å². The fourth-order valence-electron chi connectivity index (χ4n) is 0.352. The van der Waals surface area contributed by atoms with Gasteiger partial charge in [-0.3, -0.25) is 0 Å². The van der Waals surface area contributed by atoms with E-state index in [0.29, 0.717) is 17.5 Å². The van der Waals surface area contributed by atoms with Crippen molar-refractivity contribution in [2.24, 2.45) is 0 Å². The van der Waals surface area contributed by atoms with Gasteiger partial charge in [0.25, 0.3) is 0 Å². The van der Waals surface area contributed by atoms with Crippen LogP contribution in [0.5, 0.6) is 0 Å². The SMILES string of the molecule is CCOC(=O)/C(=C/Br)CBr. The molecule has 0 aromatic carbocycles. The molecule has 0 radical (unpaired) electrons. The summed E-state index contributed by atoms with van der Waals surface area (Å²) in [6, 6.07) is 0. The van der Waals surface area contributed by atoms with Crippen LogP contribution in [0.2, 0.25) is 0 Å². The average Bonchev–Trinajstić information content (AvgIpc) is 1.91. The van der Waals surface area contributed by atoms with Crippen molar-refractivity contribution in [1.29, 1.82) is 0 Å². The molecular formula is C6H8Br2O2.